The van der Waals surface area contributed by atoms with E-state index in [4.69, 9.17) is 16.2 Å². The van der Waals surface area contributed by atoms with Crippen molar-refractivity contribution in [1.29, 1.82) is 0 Å². The van der Waals surface area contributed by atoms with E-state index in [1.54, 1.807) is 0 Å². The van der Waals surface area contributed by atoms with E-state index in [-0.39, 0.29) is 6.04 Å². The van der Waals surface area contributed by atoms with Gasteiger partial charge in [0.2, 0.25) is 0 Å². The quantitative estimate of drug-likeness (QED) is 0.721. The lowest BCUT2D eigenvalue weighted by atomic mass is 10.0. The maximum atomic E-state index is 5.92. The fourth-order valence-electron chi connectivity index (χ4n) is 1.35. The molecule has 78 valence electrons. The Morgan fingerprint density at radius 2 is 2.07 bits per heavy atom. The molecule has 0 saturated heterocycles. The van der Waals surface area contributed by atoms with E-state index in [0.717, 1.165) is 23.4 Å². The van der Waals surface area contributed by atoms with Crippen LogP contribution in [0.2, 0.25) is 0 Å². The van der Waals surface area contributed by atoms with Crippen LogP contribution in [0.1, 0.15) is 31.9 Å². The molecule has 0 aliphatic carbocycles. The molecule has 1 aromatic carbocycles. The predicted octanol–water partition coefficient (Wildman–Crippen LogP) is 2.08. The maximum Gasteiger partial charge on any atom is 0.119 e. The van der Waals surface area contributed by atoms with Gasteiger partial charge in [-0.15, -0.1) is 0 Å². The molecule has 1 aromatic rings. The van der Waals surface area contributed by atoms with Crippen LogP contribution in [0, 0.1) is 0 Å². The highest BCUT2D eigenvalue weighted by atomic mass is 16.5. The number of hydrogen-bond donors (Lipinski definition) is 2. The summed E-state index contributed by atoms with van der Waals surface area (Å²) in [7, 11) is 0. The third-order valence-corrected chi connectivity index (χ3v) is 2.21. The van der Waals surface area contributed by atoms with E-state index in [9.17, 15) is 0 Å². The number of hydrogen-bond acceptors (Lipinski definition) is 3. The van der Waals surface area contributed by atoms with Gasteiger partial charge in [0.1, 0.15) is 5.75 Å². The van der Waals surface area contributed by atoms with E-state index < -0.39 is 0 Å². The molecule has 0 bridgehead atoms. The van der Waals surface area contributed by atoms with Crippen molar-refractivity contribution in [1.82, 2.24) is 0 Å². The molecule has 3 heteroatoms. The molecule has 0 fully saturated rings. The number of anilines is 1. The lowest BCUT2D eigenvalue weighted by Crippen LogP contribution is -2.11. The van der Waals surface area contributed by atoms with Crippen LogP contribution in [-0.2, 0) is 0 Å². The molecule has 1 unspecified atom stereocenters. The van der Waals surface area contributed by atoms with Gasteiger partial charge in [-0.2, -0.15) is 0 Å². The van der Waals surface area contributed by atoms with Crippen molar-refractivity contribution in [2.24, 2.45) is 5.73 Å². The minimum atomic E-state index is -0.00425. The van der Waals surface area contributed by atoms with Crippen LogP contribution in [-0.4, -0.2) is 6.61 Å². The summed E-state index contributed by atoms with van der Waals surface area (Å²) >= 11 is 0. The Hall–Kier alpha value is -1.22. The van der Waals surface area contributed by atoms with Crippen LogP contribution in [0.3, 0.4) is 0 Å². The molecule has 0 saturated carbocycles. The summed E-state index contributed by atoms with van der Waals surface area (Å²) in [6.07, 6.45) is 0.875. The highest BCUT2D eigenvalue weighted by Crippen LogP contribution is 2.25. The van der Waals surface area contributed by atoms with Crippen molar-refractivity contribution in [3.8, 4) is 5.75 Å². The Balaban J connectivity index is 2.95. The van der Waals surface area contributed by atoms with Gasteiger partial charge in [0.05, 0.1) is 6.61 Å². The molecule has 4 N–H and O–H groups in total. The molecule has 1 atom stereocenters. The molecule has 0 amide bonds. The first-order chi connectivity index (χ1) is 6.69. The number of rotatable bonds is 4. The van der Waals surface area contributed by atoms with Crippen LogP contribution < -0.4 is 16.2 Å². The van der Waals surface area contributed by atoms with Crippen LogP contribution in [0.15, 0.2) is 18.2 Å². The van der Waals surface area contributed by atoms with Crippen LogP contribution in [0.4, 0.5) is 5.69 Å². The van der Waals surface area contributed by atoms with Crippen molar-refractivity contribution in [2.75, 3.05) is 12.3 Å². The minimum absolute atomic E-state index is 0.00425. The van der Waals surface area contributed by atoms with Gasteiger partial charge in [-0.3, -0.25) is 0 Å². The van der Waals surface area contributed by atoms with Crippen molar-refractivity contribution in [3.05, 3.63) is 23.8 Å². The molecule has 0 aromatic heterocycles. The summed E-state index contributed by atoms with van der Waals surface area (Å²) in [6, 6.07) is 5.63. The Morgan fingerprint density at radius 1 is 1.36 bits per heavy atom. The molecule has 0 aliphatic heterocycles. The highest BCUT2D eigenvalue weighted by molar-refractivity contribution is 5.51. The first-order valence-electron chi connectivity index (χ1n) is 4.96. The van der Waals surface area contributed by atoms with Crippen LogP contribution in [0.25, 0.3) is 0 Å². The Kier molecular flexibility index (Phi) is 3.77. The van der Waals surface area contributed by atoms with Gasteiger partial charge in [-0.05, 0) is 37.1 Å². The van der Waals surface area contributed by atoms with Crippen molar-refractivity contribution < 1.29 is 4.74 Å². The first-order valence-corrected chi connectivity index (χ1v) is 4.96. The molecule has 0 radical (unpaired) electrons. The third-order valence-electron chi connectivity index (χ3n) is 2.21. The van der Waals surface area contributed by atoms with Gasteiger partial charge in [0.25, 0.3) is 0 Å². The molecule has 1 rings (SSSR count). The smallest absolute Gasteiger partial charge is 0.119 e. The second kappa shape index (κ2) is 4.86. The van der Waals surface area contributed by atoms with Crippen LogP contribution >= 0.6 is 0 Å². The lowest BCUT2D eigenvalue weighted by molar-refractivity contribution is 0.339. The number of nitrogen functional groups attached to an aromatic ring is 1. The van der Waals surface area contributed by atoms with Crippen molar-refractivity contribution in [3.63, 3.8) is 0 Å². The Bertz CT molecular complexity index is 299. The summed E-state index contributed by atoms with van der Waals surface area (Å²) in [6.45, 7) is 4.65. The zero-order valence-corrected chi connectivity index (χ0v) is 8.79. The maximum absolute atomic E-state index is 5.92. The number of nitrogens with two attached hydrogens (primary N) is 2. The largest absolute Gasteiger partial charge is 0.494 e. The van der Waals surface area contributed by atoms with E-state index in [2.05, 4.69) is 0 Å². The fraction of sp³-hybridized carbons (Fsp3) is 0.455. The van der Waals surface area contributed by atoms with Gasteiger partial charge in [-0.1, -0.05) is 6.92 Å². The Labute approximate surface area is 85.0 Å². The minimum Gasteiger partial charge on any atom is -0.494 e. The van der Waals surface area contributed by atoms with Crippen LogP contribution in [0.5, 0.6) is 5.75 Å². The summed E-state index contributed by atoms with van der Waals surface area (Å²) in [5, 5.41) is 0. The lowest BCUT2D eigenvalue weighted by Gasteiger charge is -2.14. The molecular weight excluding hydrogens is 176 g/mol. The zero-order chi connectivity index (χ0) is 10.6. The summed E-state index contributed by atoms with van der Waals surface area (Å²) in [5.41, 5.74) is 13.5. The predicted molar refractivity (Wildman–Crippen MR) is 59.2 cm³/mol. The van der Waals surface area contributed by atoms with Gasteiger partial charge < -0.3 is 16.2 Å². The Morgan fingerprint density at radius 3 is 2.64 bits per heavy atom. The van der Waals surface area contributed by atoms with Crippen molar-refractivity contribution in [2.45, 2.75) is 26.3 Å². The van der Waals surface area contributed by atoms with Gasteiger partial charge >= 0.3 is 0 Å². The second-order valence-corrected chi connectivity index (χ2v) is 3.24. The molecule has 0 aliphatic rings. The van der Waals surface area contributed by atoms with Crippen molar-refractivity contribution >= 4 is 5.69 Å². The third kappa shape index (κ3) is 2.39. The summed E-state index contributed by atoms with van der Waals surface area (Å²) in [5.74, 6) is 0.834. The standard InChI is InChI=1S/C11H18N2O/c1-3-10(12)9-7-8(14-4-2)5-6-11(9)13/h5-7,10H,3-4,12-13H2,1-2H3. The first kappa shape index (κ1) is 10.9. The zero-order valence-electron chi connectivity index (χ0n) is 8.79. The van der Waals surface area contributed by atoms with E-state index in [0.29, 0.717) is 6.61 Å². The van der Waals surface area contributed by atoms with Gasteiger partial charge in [-0.25, -0.2) is 0 Å². The second-order valence-electron chi connectivity index (χ2n) is 3.24. The number of benzene rings is 1. The van der Waals surface area contributed by atoms with E-state index in [1.807, 2.05) is 32.0 Å². The molecule has 3 nitrogen and oxygen atoms in total. The van der Waals surface area contributed by atoms with E-state index in [1.165, 1.54) is 0 Å². The summed E-state index contributed by atoms with van der Waals surface area (Å²) < 4.78 is 5.39. The molecular formula is C11H18N2O. The normalized spacial score (nSPS) is 12.5. The van der Waals surface area contributed by atoms with E-state index >= 15 is 0 Å². The molecule has 14 heavy (non-hydrogen) atoms. The average molecular weight is 194 g/mol. The SMILES string of the molecule is CCOc1ccc(N)c(C(N)CC)c1. The highest BCUT2D eigenvalue weighted by Gasteiger charge is 2.08. The molecule has 0 spiro atoms. The average Bonchev–Trinajstić information content (AvgIpc) is 2.20. The number of ether oxygens (including phenoxy) is 1. The van der Waals surface area contributed by atoms with Gasteiger partial charge in [0, 0.05) is 11.7 Å². The molecule has 0 heterocycles. The fourth-order valence-corrected chi connectivity index (χ4v) is 1.35. The van der Waals surface area contributed by atoms with Gasteiger partial charge in [0.15, 0.2) is 0 Å². The topological polar surface area (TPSA) is 61.3 Å². The monoisotopic (exact) mass is 194 g/mol. The summed E-state index contributed by atoms with van der Waals surface area (Å²) in [4.78, 5) is 0.